The van der Waals surface area contributed by atoms with E-state index < -0.39 is 11.9 Å². The van der Waals surface area contributed by atoms with Crippen LogP contribution in [0.5, 0.6) is 0 Å². The minimum atomic E-state index is -0.573. The number of anilines is 2. The van der Waals surface area contributed by atoms with Gasteiger partial charge in [-0.2, -0.15) is 0 Å². The van der Waals surface area contributed by atoms with Gasteiger partial charge in [0.2, 0.25) is 0 Å². The number of hydrogen-bond acceptors (Lipinski definition) is 7. The molecular weight excluding hydrogens is 745 g/mol. The summed E-state index contributed by atoms with van der Waals surface area (Å²) in [6, 6.07) is 32.9. The van der Waals surface area contributed by atoms with Gasteiger partial charge in [-0.25, -0.2) is 14.6 Å². The first kappa shape index (κ1) is 43.6. The van der Waals surface area contributed by atoms with Crippen molar-refractivity contribution in [2.45, 2.75) is 81.1 Å². The maximum atomic E-state index is 13.7. The number of carbonyl (C=O) groups is 2. The molecule has 0 radical (unpaired) electrons. The summed E-state index contributed by atoms with van der Waals surface area (Å²) in [6.07, 6.45) is 4.84. The Morgan fingerprint density at radius 1 is 0.667 bits per heavy atom. The van der Waals surface area contributed by atoms with Crippen LogP contribution in [0, 0.1) is 23.7 Å². The van der Waals surface area contributed by atoms with Crippen LogP contribution < -0.4 is 10.7 Å². The van der Waals surface area contributed by atoms with Crippen LogP contribution in [0.3, 0.4) is 0 Å². The Labute approximate surface area is 355 Å². The molecule has 312 valence electrons. The van der Waals surface area contributed by atoms with Crippen molar-refractivity contribution in [3.63, 3.8) is 0 Å². The third-order valence-corrected chi connectivity index (χ3v) is 10.3. The molecule has 0 amide bonds. The van der Waals surface area contributed by atoms with E-state index in [2.05, 4.69) is 122 Å². The highest BCUT2D eigenvalue weighted by molar-refractivity contribution is 6.08. The molecule has 1 heterocycles. The summed E-state index contributed by atoms with van der Waals surface area (Å²) in [6.45, 7) is 21.2. The molecule has 0 saturated heterocycles. The molecule has 0 unspecified atom stereocenters. The van der Waals surface area contributed by atoms with E-state index >= 15 is 0 Å². The number of ether oxygens (including phenoxy) is 2. The number of fused-ring (bicyclic) bond motifs is 2. The first-order chi connectivity index (χ1) is 28.8. The van der Waals surface area contributed by atoms with E-state index in [1.54, 1.807) is 6.07 Å². The lowest BCUT2D eigenvalue weighted by atomic mass is 9.90. The second kappa shape index (κ2) is 19.9. The van der Waals surface area contributed by atoms with E-state index in [9.17, 15) is 9.59 Å². The normalized spacial score (nSPS) is 12.0. The van der Waals surface area contributed by atoms with Gasteiger partial charge < -0.3 is 19.2 Å². The Balaban J connectivity index is 1.55. The second-order valence-electron chi connectivity index (χ2n) is 17.4. The van der Waals surface area contributed by atoms with Crippen molar-refractivity contribution >= 4 is 40.0 Å². The molecule has 4 aromatic rings. The van der Waals surface area contributed by atoms with Crippen LogP contribution in [0.2, 0.25) is 0 Å². The molecule has 7 heteroatoms. The van der Waals surface area contributed by atoms with Crippen LogP contribution in [0.15, 0.2) is 119 Å². The smallest absolute Gasteiger partial charge is 0.338 e. The minimum Gasteiger partial charge on any atom is -0.459 e. The number of benzene rings is 5. The van der Waals surface area contributed by atoms with Crippen molar-refractivity contribution in [1.82, 2.24) is 0 Å². The van der Waals surface area contributed by atoms with Crippen molar-refractivity contribution in [2.75, 3.05) is 18.5 Å². The molecule has 4 aromatic carbocycles. The fourth-order valence-electron chi connectivity index (χ4n) is 7.91. The second-order valence-corrected chi connectivity index (χ2v) is 17.4. The number of rotatable bonds is 17. The van der Waals surface area contributed by atoms with Crippen LogP contribution in [0.4, 0.5) is 17.1 Å². The molecule has 0 bridgehead atoms. The number of nitrogens with zero attached hydrogens (tertiary/aromatic N) is 1. The van der Waals surface area contributed by atoms with Gasteiger partial charge in [0.15, 0.2) is 0 Å². The number of esters is 2. The van der Waals surface area contributed by atoms with Gasteiger partial charge in [-0.05, 0) is 108 Å². The highest BCUT2D eigenvalue weighted by Crippen LogP contribution is 2.43. The summed E-state index contributed by atoms with van der Waals surface area (Å²) >= 11 is 0. The molecule has 0 spiro atoms. The fraction of sp³-hybridized carbons (Fsp3) is 0.340. The van der Waals surface area contributed by atoms with E-state index in [1.165, 1.54) is 22.3 Å². The summed E-state index contributed by atoms with van der Waals surface area (Å²) in [5, 5.41) is 5.45. The molecule has 7 nitrogen and oxygen atoms in total. The van der Waals surface area contributed by atoms with E-state index in [4.69, 9.17) is 18.9 Å². The summed E-state index contributed by atoms with van der Waals surface area (Å²) in [5.41, 5.74) is 11.5. The SMILES string of the molecule is C=CC(=O)OCCOC(=O)c1ccccc1-c1c2ccc(=Nc3c(CC(C)C)cccc3CC(C)C)cc-2oc2cc(Nc3c(CC(C)C)cccc3CC(C)C)ccc12. The maximum absolute atomic E-state index is 13.7. The van der Waals surface area contributed by atoms with Gasteiger partial charge in [-0.3, -0.25) is 0 Å². The first-order valence-corrected chi connectivity index (χ1v) is 21.4. The molecule has 1 aliphatic carbocycles. The average Bonchev–Trinajstić information content (AvgIpc) is 3.20. The zero-order chi connectivity index (χ0) is 42.9. The van der Waals surface area contributed by atoms with Crippen LogP contribution in [-0.4, -0.2) is 25.2 Å². The van der Waals surface area contributed by atoms with Gasteiger partial charge in [-0.1, -0.05) is 117 Å². The quantitative estimate of drug-likeness (QED) is 0.0427. The summed E-state index contributed by atoms with van der Waals surface area (Å²) in [5.74, 6) is 1.49. The van der Waals surface area contributed by atoms with Crippen molar-refractivity contribution in [1.29, 1.82) is 0 Å². The molecule has 60 heavy (non-hydrogen) atoms. The third-order valence-electron chi connectivity index (χ3n) is 10.3. The highest BCUT2D eigenvalue weighted by atomic mass is 16.6. The van der Waals surface area contributed by atoms with E-state index in [1.807, 2.05) is 36.4 Å². The zero-order valence-electron chi connectivity index (χ0n) is 36.6. The fourth-order valence-corrected chi connectivity index (χ4v) is 7.91. The Bertz CT molecular complexity index is 2450. The Morgan fingerprint density at radius 2 is 1.25 bits per heavy atom. The first-order valence-electron chi connectivity index (χ1n) is 21.4. The molecule has 0 saturated carbocycles. The molecule has 2 aliphatic rings. The van der Waals surface area contributed by atoms with Crippen molar-refractivity contribution < 1.29 is 23.5 Å². The van der Waals surface area contributed by atoms with Gasteiger partial charge in [0.25, 0.3) is 0 Å². The largest absolute Gasteiger partial charge is 0.459 e. The van der Waals surface area contributed by atoms with Crippen LogP contribution in [-0.2, 0) is 40.0 Å². The number of carbonyl (C=O) groups excluding carboxylic acids is 2. The molecule has 0 aromatic heterocycles. The lowest BCUT2D eigenvalue weighted by Gasteiger charge is -2.21. The predicted molar refractivity (Wildman–Crippen MR) is 245 cm³/mol. The van der Waals surface area contributed by atoms with E-state index in [-0.39, 0.29) is 13.2 Å². The molecule has 0 fully saturated rings. The topological polar surface area (TPSA) is 90.1 Å². The number of nitrogens with one attached hydrogen (secondary N) is 1. The Hall–Kier alpha value is -5.95. The highest BCUT2D eigenvalue weighted by Gasteiger charge is 2.23. The van der Waals surface area contributed by atoms with Crippen LogP contribution in [0.25, 0.3) is 33.4 Å². The molecule has 0 atom stereocenters. The predicted octanol–water partition coefficient (Wildman–Crippen LogP) is 12.9. The lowest BCUT2D eigenvalue weighted by molar-refractivity contribution is -0.138. The number of para-hydroxylation sites is 2. The maximum Gasteiger partial charge on any atom is 0.338 e. The molecular formula is C53H60N2O5. The monoisotopic (exact) mass is 804 g/mol. The number of hydrogen-bond donors (Lipinski definition) is 1. The van der Waals surface area contributed by atoms with Gasteiger partial charge in [0.1, 0.15) is 24.6 Å². The third kappa shape index (κ3) is 10.8. The van der Waals surface area contributed by atoms with Gasteiger partial charge in [-0.15, -0.1) is 0 Å². The van der Waals surface area contributed by atoms with E-state index in [0.29, 0.717) is 46.1 Å². The summed E-state index contributed by atoms with van der Waals surface area (Å²) in [7, 11) is 0. The molecule has 1 N–H and O–H groups in total. The van der Waals surface area contributed by atoms with E-state index in [0.717, 1.165) is 70.7 Å². The lowest BCUT2D eigenvalue weighted by Crippen LogP contribution is -2.13. The average molecular weight is 805 g/mol. The van der Waals surface area contributed by atoms with Crippen LogP contribution >= 0.6 is 0 Å². The van der Waals surface area contributed by atoms with Crippen molar-refractivity contribution in [3.8, 4) is 22.5 Å². The molecule has 1 aliphatic heterocycles. The molecule has 6 rings (SSSR count). The van der Waals surface area contributed by atoms with Crippen molar-refractivity contribution in [2.24, 2.45) is 28.7 Å². The standard InChI is InChI=1S/C53H60N2O5/c1-10-49(56)58-25-26-59-53(57)44-20-12-11-19-43(44)50-45-23-21-41(54-51-37(27-33(2)3)15-13-16-38(51)28-34(4)5)31-47(45)60-48-32-42(22-24-46(48)50)55-52-39(29-35(6)7)17-14-18-40(52)30-36(8)9/h10-24,31-36,54H,1,25-30H2,2-9H3. The summed E-state index contributed by atoms with van der Waals surface area (Å²) < 4.78 is 17.6. The summed E-state index contributed by atoms with van der Waals surface area (Å²) in [4.78, 5) is 30.7. The zero-order valence-corrected chi connectivity index (χ0v) is 36.6. The Kier molecular flexibility index (Phi) is 14.4. The van der Waals surface area contributed by atoms with Gasteiger partial charge in [0.05, 0.1) is 16.6 Å². The van der Waals surface area contributed by atoms with Crippen molar-refractivity contribution in [3.05, 3.63) is 143 Å². The van der Waals surface area contributed by atoms with Crippen LogP contribution in [0.1, 0.15) is 88.0 Å². The Morgan fingerprint density at radius 3 is 1.87 bits per heavy atom. The van der Waals surface area contributed by atoms with Gasteiger partial charge >= 0.3 is 11.9 Å². The minimum absolute atomic E-state index is 0.0742. The van der Waals surface area contributed by atoms with Gasteiger partial charge in [0, 0.05) is 46.1 Å².